The van der Waals surface area contributed by atoms with E-state index in [9.17, 15) is 14.4 Å². The van der Waals surface area contributed by atoms with Crippen LogP contribution in [-0.2, 0) is 27.2 Å². The number of benzene rings is 3. The summed E-state index contributed by atoms with van der Waals surface area (Å²) in [5.41, 5.74) is 4.31. The Morgan fingerprint density at radius 2 is 1.70 bits per heavy atom. The zero-order valence-electron chi connectivity index (χ0n) is 25.1. The Kier molecular flexibility index (Phi) is 10.9. The lowest BCUT2D eigenvalue weighted by molar-refractivity contribution is -0.116. The van der Waals surface area contributed by atoms with Gasteiger partial charge in [0.25, 0.3) is 0 Å². The van der Waals surface area contributed by atoms with Gasteiger partial charge in [0.05, 0.1) is 12.2 Å². The number of fused-ring (bicyclic) bond motifs is 1. The second-order valence-electron chi connectivity index (χ2n) is 10.9. The molecule has 2 atom stereocenters. The van der Waals surface area contributed by atoms with Crippen molar-refractivity contribution in [2.45, 2.75) is 68.4 Å². The Morgan fingerprint density at radius 3 is 2.43 bits per heavy atom. The minimum Gasteiger partial charge on any atom is -0.462 e. The van der Waals surface area contributed by atoms with Gasteiger partial charge in [-0.05, 0) is 73.4 Å². The van der Waals surface area contributed by atoms with Gasteiger partial charge in [0, 0.05) is 21.9 Å². The van der Waals surface area contributed by atoms with Gasteiger partial charge in [-0.2, -0.15) is 0 Å². The predicted molar refractivity (Wildman–Crippen MR) is 180 cm³/mol. The van der Waals surface area contributed by atoms with E-state index < -0.39 is 11.2 Å². The highest BCUT2D eigenvalue weighted by Crippen LogP contribution is 2.44. The number of thioether (sulfide) groups is 1. The Hall–Kier alpha value is -3.88. The highest BCUT2D eigenvalue weighted by molar-refractivity contribution is 8.00. The van der Waals surface area contributed by atoms with Crippen molar-refractivity contribution < 1.29 is 19.1 Å². The molecule has 0 radical (unpaired) electrons. The summed E-state index contributed by atoms with van der Waals surface area (Å²) >= 11 is 2.90. The largest absolute Gasteiger partial charge is 0.462 e. The summed E-state index contributed by atoms with van der Waals surface area (Å²) in [6.07, 6.45) is 4.77. The number of carbonyl (C=O) groups excluding carboxylic acids is 3. The first-order valence-corrected chi connectivity index (χ1v) is 16.9. The van der Waals surface area contributed by atoms with Gasteiger partial charge in [-0.25, -0.2) is 4.79 Å². The quantitative estimate of drug-likeness (QED) is 0.121. The maximum absolute atomic E-state index is 14.1. The molecule has 0 aliphatic heterocycles. The molecule has 0 saturated heterocycles. The molecule has 1 heterocycles. The third kappa shape index (κ3) is 7.79. The summed E-state index contributed by atoms with van der Waals surface area (Å²) in [5, 5.41) is 6.07. The summed E-state index contributed by atoms with van der Waals surface area (Å²) in [7, 11) is 0. The molecular weight excluding hydrogens is 589 g/mol. The number of thiophene rings is 1. The molecule has 44 heavy (non-hydrogen) atoms. The van der Waals surface area contributed by atoms with E-state index in [0.29, 0.717) is 28.6 Å². The molecule has 2 unspecified atom stereocenters. The number of amides is 2. The van der Waals surface area contributed by atoms with Crippen LogP contribution in [0, 0.1) is 0 Å². The Balaban J connectivity index is 1.41. The average Bonchev–Trinajstić information content (AvgIpc) is 3.40. The fourth-order valence-electron chi connectivity index (χ4n) is 5.53. The van der Waals surface area contributed by atoms with Crippen LogP contribution < -0.4 is 10.6 Å². The molecule has 1 aromatic heterocycles. The molecule has 6 nitrogen and oxygen atoms in total. The minimum atomic E-state index is -0.589. The standard InChI is InChI=1S/C36H38N2O4S2/c1-3-5-19-31(39)37-27-17-12-18-28(23-27)43-33(25-15-10-7-11-16-25)34(40)38-35-32(36(41)42-4-2)29-21-20-26(22-30(29)44-35)24-13-8-6-9-14-24/h6-18,23,26,33H,3-5,19-22H2,1-2H3,(H,37,39)(H,38,40). The number of ether oxygens (including phenoxy) is 1. The highest BCUT2D eigenvalue weighted by atomic mass is 32.2. The van der Waals surface area contributed by atoms with Gasteiger partial charge in [-0.15, -0.1) is 23.1 Å². The summed E-state index contributed by atoms with van der Waals surface area (Å²) < 4.78 is 5.47. The van der Waals surface area contributed by atoms with E-state index in [2.05, 4.69) is 41.8 Å². The van der Waals surface area contributed by atoms with E-state index in [-0.39, 0.29) is 18.4 Å². The Morgan fingerprint density at radius 1 is 0.955 bits per heavy atom. The monoisotopic (exact) mass is 626 g/mol. The third-order valence-corrected chi connectivity index (χ3v) is 10.1. The Bertz CT molecular complexity index is 1590. The molecular formula is C36H38N2O4S2. The van der Waals surface area contributed by atoms with E-state index in [1.54, 1.807) is 6.92 Å². The van der Waals surface area contributed by atoms with Crippen molar-refractivity contribution in [3.05, 3.63) is 112 Å². The van der Waals surface area contributed by atoms with E-state index in [1.807, 2.05) is 60.7 Å². The van der Waals surface area contributed by atoms with Crippen LogP contribution in [0.1, 0.15) is 82.6 Å². The molecule has 0 fully saturated rings. The SMILES string of the molecule is CCCCC(=O)Nc1cccc(SC(C(=O)Nc2sc3c(c2C(=O)OCC)CCC(c2ccccc2)C3)c2ccccc2)c1. The van der Waals surface area contributed by atoms with Crippen LogP contribution in [0.3, 0.4) is 0 Å². The summed E-state index contributed by atoms with van der Waals surface area (Å²) in [5.74, 6) is -0.270. The number of esters is 1. The number of anilines is 2. The van der Waals surface area contributed by atoms with Crippen LogP contribution in [0.5, 0.6) is 0 Å². The second-order valence-corrected chi connectivity index (χ2v) is 13.1. The van der Waals surface area contributed by atoms with Crippen molar-refractivity contribution >= 4 is 51.6 Å². The molecule has 3 aromatic carbocycles. The zero-order chi connectivity index (χ0) is 30.9. The minimum absolute atomic E-state index is 0.0194. The van der Waals surface area contributed by atoms with Crippen LogP contribution in [0.15, 0.2) is 89.8 Å². The van der Waals surface area contributed by atoms with Crippen LogP contribution in [-0.4, -0.2) is 24.4 Å². The van der Waals surface area contributed by atoms with Gasteiger partial charge in [-0.3, -0.25) is 9.59 Å². The fourth-order valence-corrected chi connectivity index (χ4v) is 7.93. The fraction of sp³-hybridized carbons (Fsp3) is 0.306. The molecule has 0 spiro atoms. The normalized spacial score (nSPS) is 14.7. The van der Waals surface area contributed by atoms with Gasteiger partial charge in [-0.1, -0.05) is 80.1 Å². The summed E-state index contributed by atoms with van der Waals surface area (Å²) in [6, 6.07) is 27.7. The molecule has 2 N–H and O–H groups in total. The van der Waals surface area contributed by atoms with Crippen LogP contribution in [0.25, 0.3) is 0 Å². The molecule has 4 aromatic rings. The molecule has 0 bridgehead atoms. The number of unbranched alkanes of at least 4 members (excludes halogenated alkanes) is 1. The molecule has 2 amide bonds. The van der Waals surface area contributed by atoms with Crippen molar-refractivity contribution in [1.82, 2.24) is 0 Å². The lowest BCUT2D eigenvalue weighted by Gasteiger charge is -2.23. The topological polar surface area (TPSA) is 84.5 Å². The lowest BCUT2D eigenvalue weighted by atomic mass is 9.83. The number of hydrogen-bond acceptors (Lipinski definition) is 6. The van der Waals surface area contributed by atoms with Gasteiger partial charge >= 0.3 is 5.97 Å². The summed E-state index contributed by atoms with van der Waals surface area (Å²) in [6.45, 7) is 4.11. The van der Waals surface area contributed by atoms with E-state index >= 15 is 0 Å². The van der Waals surface area contributed by atoms with Crippen LogP contribution in [0.2, 0.25) is 0 Å². The van der Waals surface area contributed by atoms with Gasteiger partial charge in [0.1, 0.15) is 10.3 Å². The number of carbonyl (C=O) groups is 3. The second kappa shape index (κ2) is 15.2. The molecule has 1 aliphatic carbocycles. The first kappa shape index (κ1) is 31.5. The molecule has 0 saturated carbocycles. The third-order valence-electron chi connectivity index (χ3n) is 7.72. The number of hydrogen-bond donors (Lipinski definition) is 2. The van der Waals surface area contributed by atoms with E-state index in [0.717, 1.165) is 53.0 Å². The number of nitrogens with one attached hydrogen (secondary N) is 2. The van der Waals surface area contributed by atoms with Crippen molar-refractivity contribution in [2.24, 2.45) is 0 Å². The summed E-state index contributed by atoms with van der Waals surface area (Å²) in [4.78, 5) is 41.6. The van der Waals surface area contributed by atoms with E-state index in [4.69, 9.17) is 4.74 Å². The first-order valence-electron chi connectivity index (χ1n) is 15.3. The van der Waals surface area contributed by atoms with Crippen molar-refractivity contribution in [2.75, 3.05) is 17.2 Å². The van der Waals surface area contributed by atoms with E-state index in [1.165, 1.54) is 28.7 Å². The highest BCUT2D eigenvalue weighted by Gasteiger charge is 2.32. The maximum atomic E-state index is 14.1. The maximum Gasteiger partial charge on any atom is 0.341 e. The van der Waals surface area contributed by atoms with Crippen LogP contribution in [0.4, 0.5) is 10.7 Å². The smallest absolute Gasteiger partial charge is 0.341 e. The molecule has 5 rings (SSSR count). The van der Waals surface area contributed by atoms with Gasteiger partial charge in [0.2, 0.25) is 11.8 Å². The average molecular weight is 627 g/mol. The van der Waals surface area contributed by atoms with Gasteiger partial charge in [0.15, 0.2) is 0 Å². The van der Waals surface area contributed by atoms with Crippen LogP contribution >= 0.6 is 23.1 Å². The first-order chi connectivity index (χ1) is 21.5. The van der Waals surface area contributed by atoms with Crippen molar-refractivity contribution in [3.63, 3.8) is 0 Å². The lowest BCUT2D eigenvalue weighted by Crippen LogP contribution is -2.20. The molecule has 228 valence electrons. The number of rotatable bonds is 12. The van der Waals surface area contributed by atoms with Crippen molar-refractivity contribution in [1.29, 1.82) is 0 Å². The Labute approximate surface area is 267 Å². The zero-order valence-corrected chi connectivity index (χ0v) is 26.8. The van der Waals surface area contributed by atoms with Crippen molar-refractivity contribution in [3.8, 4) is 0 Å². The molecule has 8 heteroatoms. The predicted octanol–water partition coefficient (Wildman–Crippen LogP) is 8.80. The van der Waals surface area contributed by atoms with Gasteiger partial charge < -0.3 is 15.4 Å². The molecule has 1 aliphatic rings.